The van der Waals surface area contributed by atoms with Crippen molar-refractivity contribution in [2.24, 2.45) is 0 Å². The van der Waals surface area contributed by atoms with E-state index >= 15 is 0 Å². The zero-order valence-corrected chi connectivity index (χ0v) is 8.53. The van der Waals surface area contributed by atoms with Gasteiger partial charge in [0, 0.05) is 11.7 Å². The van der Waals surface area contributed by atoms with Gasteiger partial charge in [0.25, 0.3) is 0 Å². The van der Waals surface area contributed by atoms with E-state index in [0.29, 0.717) is 5.65 Å². The van der Waals surface area contributed by atoms with Crippen LogP contribution in [0.1, 0.15) is 20.8 Å². The van der Waals surface area contributed by atoms with Gasteiger partial charge in [-0.3, -0.25) is 9.55 Å². The summed E-state index contributed by atoms with van der Waals surface area (Å²) in [6, 6.07) is 3.73. The van der Waals surface area contributed by atoms with Crippen LogP contribution in [0.5, 0.6) is 0 Å². The van der Waals surface area contributed by atoms with Crippen LogP contribution in [0.4, 0.5) is 0 Å². The topological polar surface area (TPSA) is 50.7 Å². The lowest BCUT2D eigenvalue weighted by atomic mass is 10.1. The molecule has 0 saturated heterocycles. The summed E-state index contributed by atoms with van der Waals surface area (Å²) >= 11 is 0. The number of rotatable bonds is 0. The quantitative estimate of drug-likeness (QED) is 0.685. The second kappa shape index (κ2) is 2.70. The van der Waals surface area contributed by atoms with E-state index in [-0.39, 0.29) is 11.2 Å². The number of nitrogens with one attached hydrogen (secondary N) is 1. The highest BCUT2D eigenvalue weighted by Crippen LogP contribution is 2.17. The Morgan fingerprint density at radius 1 is 1.43 bits per heavy atom. The Kier molecular flexibility index (Phi) is 1.74. The van der Waals surface area contributed by atoms with Crippen molar-refractivity contribution in [1.82, 2.24) is 14.5 Å². The predicted molar refractivity (Wildman–Crippen MR) is 55.3 cm³/mol. The first-order chi connectivity index (χ1) is 6.50. The summed E-state index contributed by atoms with van der Waals surface area (Å²) in [7, 11) is 0. The molecule has 2 aromatic rings. The van der Waals surface area contributed by atoms with Crippen molar-refractivity contribution in [3.05, 3.63) is 28.8 Å². The van der Waals surface area contributed by atoms with Gasteiger partial charge in [-0.25, -0.2) is 9.78 Å². The monoisotopic (exact) mass is 191 g/mol. The molecule has 0 aliphatic heterocycles. The Morgan fingerprint density at radius 3 is 2.79 bits per heavy atom. The molecule has 0 spiro atoms. The SMILES string of the molecule is CC(C)(C)n1c(=O)[nH]c2ncccc21. The summed E-state index contributed by atoms with van der Waals surface area (Å²) in [5, 5.41) is 0. The van der Waals surface area contributed by atoms with E-state index in [1.807, 2.05) is 32.9 Å². The number of pyridine rings is 1. The third kappa shape index (κ3) is 1.23. The maximum absolute atomic E-state index is 11.7. The van der Waals surface area contributed by atoms with E-state index in [0.717, 1.165) is 5.52 Å². The molecule has 0 fully saturated rings. The van der Waals surface area contributed by atoms with Gasteiger partial charge in [0.2, 0.25) is 0 Å². The molecule has 14 heavy (non-hydrogen) atoms. The van der Waals surface area contributed by atoms with Crippen LogP contribution in [-0.2, 0) is 5.54 Å². The van der Waals surface area contributed by atoms with Crippen molar-refractivity contribution in [3.8, 4) is 0 Å². The molecule has 0 aromatic carbocycles. The number of aromatic nitrogens is 3. The molecule has 0 aliphatic carbocycles. The van der Waals surface area contributed by atoms with Gasteiger partial charge in [-0.1, -0.05) is 0 Å². The van der Waals surface area contributed by atoms with Crippen LogP contribution in [0, 0.1) is 0 Å². The molecule has 2 aromatic heterocycles. The Bertz CT molecular complexity index is 516. The van der Waals surface area contributed by atoms with Crippen molar-refractivity contribution >= 4 is 11.2 Å². The molecule has 0 atom stereocenters. The summed E-state index contributed by atoms with van der Waals surface area (Å²) < 4.78 is 1.72. The maximum Gasteiger partial charge on any atom is 0.328 e. The van der Waals surface area contributed by atoms with E-state index in [9.17, 15) is 4.79 Å². The van der Waals surface area contributed by atoms with E-state index in [1.165, 1.54) is 0 Å². The van der Waals surface area contributed by atoms with E-state index in [1.54, 1.807) is 10.8 Å². The first kappa shape index (κ1) is 8.99. The van der Waals surface area contributed by atoms with Crippen LogP contribution in [-0.4, -0.2) is 14.5 Å². The number of H-pyrrole nitrogens is 1. The molecule has 2 heterocycles. The van der Waals surface area contributed by atoms with Gasteiger partial charge in [-0.05, 0) is 32.9 Å². The number of nitrogens with zero attached hydrogens (tertiary/aromatic N) is 2. The lowest BCUT2D eigenvalue weighted by molar-refractivity contribution is 0.397. The highest BCUT2D eigenvalue weighted by Gasteiger charge is 2.19. The fourth-order valence-electron chi connectivity index (χ4n) is 1.61. The minimum absolute atomic E-state index is 0.105. The number of hydrogen-bond donors (Lipinski definition) is 1. The molecule has 0 bridgehead atoms. The van der Waals surface area contributed by atoms with E-state index in [4.69, 9.17) is 0 Å². The Hall–Kier alpha value is -1.58. The van der Waals surface area contributed by atoms with Crippen LogP contribution in [0.2, 0.25) is 0 Å². The third-order valence-electron chi connectivity index (χ3n) is 2.13. The molecule has 1 N–H and O–H groups in total. The van der Waals surface area contributed by atoms with Crippen LogP contribution < -0.4 is 5.69 Å². The van der Waals surface area contributed by atoms with Gasteiger partial charge in [0.15, 0.2) is 5.65 Å². The Labute approximate surface area is 81.6 Å². The lowest BCUT2D eigenvalue weighted by Gasteiger charge is -2.20. The largest absolute Gasteiger partial charge is 0.328 e. The maximum atomic E-state index is 11.7. The minimum Gasteiger partial charge on any atom is -0.290 e. The molecule has 0 radical (unpaired) electrons. The Balaban J connectivity index is 2.88. The van der Waals surface area contributed by atoms with Gasteiger partial charge in [0.05, 0.1) is 5.52 Å². The number of fused-ring (bicyclic) bond motifs is 1. The number of hydrogen-bond acceptors (Lipinski definition) is 2. The van der Waals surface area contributed by atoms with Gasteiger partial charge >= 0.3 is 5.69 Å². The standard InChI is InChI=1S/C10H13N3O/c1-10(2,3)13-7-5-4-6-11-8(7)12-9(13)14/h4-6H,1-3H3,(H,11,12,14). The third-order valence-corrected chi connectivity index (χ3v) is 2.13. The minimum atomic E-state index is -0.224. The highest BCUT2D eigenvalue weighted by molar-refractivity contribution is 5.70. The molecule has 0 amide bonds. The fourth-order valence-corrected chi connectivity index (χ4v) is 1.61. The van der Waals surface area contributed by atoms with Crippen molar-refractivity contribution in [2.75, 3.05) is 0 Å². The van der Waals surface area contributed by atoms with Crippen LogP contribution in [0.15, 0.2) is 23.1 Å². The summed E-state index contributed by atoms with van der Waals surface area (Å²) in [5.41, 5.74) is 1.17. The summed E-state index contributed by atoms with van der Waals surface area (Å²) in [4.78, 5) is 18.5. The molecule has 0 saturated carbocycles. The van der Waals surface area contributed by atoms with Gasteiger partial charge < -0.3 is 0 Å². The van der Waals surface area contributed by atoms with Crippen molar-refractivity contribution < 1.29 is 0 Å². The molecular formula is C10H13N3O. The molecule has 4 heteroatoms. The van der Waals surface area contributed by atoms with Crippen LogP contribution in [0.25, 0.3) is 11.2 Å². The Morgan fingerprint density at radius 2 is 2.14 bits per heavy atom. The second-order valence-electron chi connectivity index (χ2n) is 4.31. The van der Waals surface area contributed by atoms with E-state index < -0.39 is 0 Å². The van der Waals surface area contributed by atoms with Crippen molar-refractivity contribution in [2.45, 2.75) is 26.3 Å². The van der Waals surface area contributed by atoms with Gasteiger partial charge in [-0.2, -0.15) is 0 Å². The first-order valence-corrected chi connectivity index (χ1v) is 4.56. The molecule has 0 unspecified atom stereocenters. The van der Waals surface area contributed by atoms with Gasteiger partial charge in [0.1, 0.15) is 0 Å². The lowest BCUT2D eigenvalue weighted by Crippen LogP contribution is -2.31. The predicted octanol–water partition coefficient (Wildman–Crippen LogP) is 1.48. The number of imidazole rings is 1. The molecular weight excluding hydrogens is 178 g/mol. The molecule has 0 aliphatic rings. The zero-order valence-electron chi connectivity index (χ0n) is 8.53. The fraction of sp³-hybridized carbons (Fsp3) is 0.400. The average molecular weight is 191 g/mol. The molecule has 74 valence electrons. The van der Waals surface area contributed by atoms with Gasteiger partial charge in [-0.15, -0.1) is 0 Å². The summed E-state index contributed by atoms with van der Waals surface area (Å²) in [5.74, 6) is 0. The van der Waals surface area contributed by atoms with Crippen molar-refractivity contribution in [1.29, 1.82) is 0 Å². The number of aromatic amines is 1. The van der Waals surface area contributed by atoms with Crippen LogP contribution in [0.3, 0.4) is 0 Å². The molecule has 2 rings (SSSR count). The highest BCUT2D eigenvalue weighted by atomic mass is 16.1. The second-order valence-corrected chi connectivity index (χ2v) is 4.31. The smallest absolute Gasteiger partial charge is 0.290 e. The van der Waals surface area contributed by atoms with E-state index in [2.05, 4.69) is 9.97 Å². The van der Waals surface area contributed by atoms with Crippen LogP contribution >= 0.6 is 0 Å². The zero-order chi connectivity index (χ0) is 10.3. The normalized spacial score (nSPS) is 12.2. The summed E-state index contributed by atoms with van der Waals surface area (Å²) in [6.45, 7) is 5.98. The first-order valence-electron chi connectivity index (χ1n) is 4.56. The molecule has 4 nitrogen and oxygen atoms in total. The van der Waals surface area contributed by atoms with Crippen molar-refractivity contribution in [3.63, 3.8) is 0 Å². The summed E-state index contributed by atoms with van der Waals surface area (Å²) in [6.07, 6.45) is 1.67. The average Bonchev–Trinajstić information content (AvgIpc) is 2.38.